The van der Waals surface area contributed by atoms with Crippen LogP contribution in [0.5, 0.6) is 0 Å². The van der Waals surface area contributed by atoms with Gasteiger partial charge in [0.25, 0.3) is 0 Å². The van der Waals surface area contributed by atoms with Gasteiger partial charge in [0.2, 0.25) is 21.8 Å². The van der Waals surface area contributed by atoms with Crippen LogP contribution < -0.4 is 15.6 Å². The Labute approximate surface area is 188 Å². The summed E-state index contributed by atoms with van der Waals surface area (Å²) >= 11 is 6.21. The monoisotopic (exact) mass is 481 g/mol. The third-order valence-corrected chi connectivity index (χ3v) is 8.36. The molecule has 9 nitrogen and oxygen atoms in total. The van der Waals surface area contributed by atoms with Crippen LogP contribution in [0, 0.1) is 17.8 Å². The molecule has 0 aromatic rings. The number of carbonyl (C=O) groups excluding carboxylic acids is 2. The van der Waals surface area contributed by atoms with Crippen molar-refractivity contribution in [1.29, 1.82) is 0 Å². The van der Waals surface area contributed by atoms with Crippen LogP contribution in [0.4, 0.5) is 4.39 Å². The number of carbonyl (C=O) groups is 2. The Morgan fingerprint density at radius 2 is 2.06 bits per heavy atom. The molecule has 2 heterocycles. The van der Waals surface area contributed by atoms with Crippen molar-refractivity contribution in [3.8, 4) is 0 Å². The van der Waals surface area contributed by atoms with Gasteiger partial charge in [-0.3, -0.25) is 25.2 Å². The molecule has 178 valence electrons. The van der Waals surface area contributed by atoms with E-state index in [0.717, 1.165) is 13.2 Å². The average molecular weight is 482 g/mol. The summed E-state index contributed by atoms with van der Waals surface area (Å²) in [6, 6.07) is 0.126. The zero-order valence-corrected chi connectivity index (χ0v) is 19.6. The molecule has 0 aromatic heterocycles. The summed E-state index contributed by atoms with van der Waals surface area (Å²) in [4.78, 5) is 30.3. The molecule has 0 radical (unpaired) electrons. The normalized spacial score (nSPS) is 35.4. The van der Waals surface area contributed by atoms with Gasteiger partial charge in [-0.25, -0.2) is 12.8 Å². The van der Waals surface area contributed by atoms with E-state index in [1.807, 2.05) is 14.0 Å². The lowest BCUT2D eigenvalue weighted by atomic mass is 9.76. The molecular weight excluding hydrogens is 449 g/mol. The van der Waals surface area contributed by atoms with Gasteiger partial charge in [0.15, 0.2) is 0 Å². The molecule has 3 fully saturated rings. The predicted octanol–water partition coefficient (Wildman–Crippen LogP) is 0.0283. The molecule has 3 N–H and O–H groups in total. The van der Waals surface area contributed by atoms with E-state index in [2.05, 4.69) is 20.5 Å². The molecule has 12 heteroatoms. The first-order valence-electron chi connectivity index (χ1n) is 10.9. The molecule has 2 aliphatic heterocycles. The molecule has 31 heavy (non-hydrogen) atoms. The van der Waals surface area contributed by atoms with Gasteiger partial charge in [-0.2, -0.15) is 0 Å². The number of halogens is 2. The number of alkyl halides is 2. The Morgan fingerprint density at radius 3 is 2.71 bits per heavy atom. The van der Waals surface area contributed by atoms with Crippen molar-refractivity contribution >= 4 is 33.4 Å². The van der Waals surface area contributed by atoms with Crippen LogP contribution in [0.25, 0.3) is 0 Å². The smallest absolute Gasteiger partial charge is 0.241 e. The van der Waals surface area contributed by atoms with Gasteiger partial charge >= 0.3 is 0 Å². The minimum absolute atomic E-state index is 0.0248. The van der Waals surface area contributed by atoms with E-state index in [0.29, 0.717) is 38.8 Å². The van der Waals surface area contributed by atoms with E-state index in [1.54, 1.807) is 4.90 Å². The maximum atomic E-state index is 14.7. The van der Waals surface area contributed by atoms with E-state index >= 15 is 0 Å². The van der Waals surface area contributed by atoms with E-state index in [4.69, 9.17) is 11.6 Å². The van der Waals surface area contributed by atoms with Crippen LogP contribution in [0.2, 0.25) is 0 Å². The Balaban J connectivity index is 1.54. The molecule has 0 aromatic carbocycles. The lowest BCUT2D eigenvalue weighted by Crippen LogP contribution is -2.53. The maximum absolute atomic E-state index is 14.7. The molecular formula is C19H33ClFN5O4S. The van der Waals surface area contributed by atoms with Crippen LogP contribution in [0.3, 0.4) is 0 Å². The van der Waals surface area contributed by atoms with Crippen LogP contribution >= 0.6 is 11.6 Å². The number of hydrazine groups is 1. The van der Waals surface area contributed by atoms with Crippen LogP contribution in [-0.4, -0.2) is 86.7 Å². The summed E-state index contributed by atoms with van der Waals surface area (Å²) in [5, 5.41) is 2.56. The van der Waals surface area contributed by atoms with Crippen molar-refractivity contribution in [2.45, 2.75) is 50.2 Å². The van der Waals surface area contributed by atoms with Crippen molar-refractivity contribution in [2.75, 3.05) is 39.1 Å². The summed E-state index contributed by atoms with van der Waals surface area (Å²) < 4.78 is 39.6. The van der Waals surface area contributed by atoms with Crippen molar-refractivity contribution in [3.63, 3.8) is 0 Å². The summed E-state index contributed by atoms with van der Waals surface area (Å²) in [5.41, 5.74) is 2.20. The highest BCUT2D eigenvalue weighted by atomic mass is 35.5. The zero-order valence-electron chi connectivity index (χ0n) is 18.0. The first-order chi connectivity index (χ1) is 14.6. The van der Waals surface area contributed by atoms with Crippen molar-refractivity contribution in [2.24, 2.45) is 17.8 Å². The van der Waals surface area contributed by atoms with Gasteiger partial charge in [-0.1, -0.05) is 0 Å². The molecule has 3 aliphatic rings. The van der Waals surface area contributed by atoms with E-state index < -0.39 is 33.4 Å². The fourth-order valence-corrected chi connectivity index (χ4v) is 6.50. The highest BCUT2D eigenvalue weighted by Gasteiger charge is 2.44. The van der Waals surface area contributed by atoms with Crippen molar-refractivity contribution in [3.05, 3.63) is 0 Å². The van der Waals surface area contributed by atoms with Crippen molar-refractivity contribution < 1.29 is 22.4 Å². The second-order valence-electron chi connectivity index (χ2n) is 9.02. The number of piperidine rings is 1. The lowest BCUT2D eigenvalue weighted by Gasteiger charge is -2.37. The van der Waals surface area contributed by atoms with Crippen LogP contribution in [-0.2, 0) is 19.6 Å². The highest BCUT2D eigenvalue weighted by Crippen LogP contribution is 2.37. The van der Waals surface area contributed by atoms with Gasteiger partial charge in [0.05, 0.1) is 17.0 Å². The standard InChI is InChI=1S/C19H33ClFN5O4S/c1-3-26-8-12(4-5-17(26)27)10-31(29,30)24-23-19(28)14-6-13(7-15(20)18(14)21)16-9-25(2)11-22-16/h12-16,18,22,24H,3-11H2,1-2H3,(H,23,28). The van der Waals surface area contributed by atoms with Gasteiger partial charge in [-0.15, -0.1) is 16.4 Å². The number of nitrogens with one attached hydrogen (secondary N) is 3. The summed E-state index contributed by atoms with van der Waals surface area (Å²) in [5.74, 6) is -2.08. The first-order valence-corrected chi connectivity index (χ1v) is 13.0. The number of hydrogen-bond donors (Lipinski definition) is 3. The first kappa shape index (κ1) is 24.6. The number of rotatable bonds is 7. The Morgan fingerprint density at radius 1 is 1.32 bits per heavy atom. The predicted molar refractivity (Wildman–Crippen MR) is 115 cm³/mol. The fourth-order valence-electron chi connectivity index (χ4n) is 4.86. The van der Waals surface area contributed by atoms with Gasteiger partial charge in [0, 0.05) is 38.8 Å². The Bertz CT molecular complexity index is 772. The summed E-state index contributed by atoms with van der Waals surface area (Å²) in [6.07, 6.45) is 0.0359. The van der Waals surface area contributed by atoms with Crippen LogP contribution in [0.1, 0.15) is 32.6 Å². The summed E-state index contributed by atoms with van der Waals surface area (Å²) in [7, 11) is -1.85. The SMILES string of the molecule is CCN1CC(CS(=O)(=O)NNC(=O)C2CC(C3CN(C)CN3)CC(Cl)C2F)CCC1=O. The number of likely N-dealkylation sites (N-methyl/N-ethyl adjacent to an activating group) is 1. The molecule has 6 unspecified atom stereocenters. The number of amides is 2. The minimum atomic E-state index is -3.83. The third-order valence-electron chi connectivity index (χ3n) is 6.62. The fraction of sp³-hybridized carbons (Fsp3) is 0.895. The second-order valence-corrected chi connectivity index (χ2v) is 11.3. The Hall–Kier alpha value is -1.01. The molecule has 1 saturated carbocycles. The molecule has 6 atom stereocenters. The number of likely N-dealkylation sites (tertiary alicyclic amines) is 1. The van der Waals surface area contributed by atoms with Gasteiger partial charge in [-0.05, 0) is 45.1 Å². The largest absolute Gasteiger partial charge is 0.343 e. The average Bonchev–Trinajstić information content (AvgIpc) is 3.15. The summed E-state index contributed by atoms with van der Waals surface area (Å²) in [6.45, 7) is 4.28. The minimum Gasteiger partial charge on any atom is -0.343 e. The Kier molecular flexibility index (Phi) is 8.17. The van der Waals surface area contributed by atoms with Gasteiger partial charge < -0.3 is 4.90 Å². The number of sulfonamides is 1. The van der Waals surface area contributed by atoms with E-state index in [1.165, 1.54) is 0 Å². The number of hydrogen-bond acceptors (Lipinski definition) is 6. The van der Waals surface area contributed by atoms with Crippen LogP contribution in [0.15, 0.2) is 0 Å². The lowest BCUT2D eigenvalue weighted by molar-refractivity contribution is -0.134. The molecule has 2 amide bonds. The quantitative estimate of drug-likeness (QED) is 0.349. The second kappa shape index (κ2) is 10.3. The molecule has 3 rings (SSSR count). The number of nitrogens with zero attached hydrogens (tertiary/aromatic N) is 2. The van der Waals surface area contributed by atoms with Gasteiger partial charge in [0.1, 0.15) is 6.17 Å². The van der Waals surface area contributed by atoms with E-state index in [9.17, 15) is 22.4 Å². The molecule has 1 aliphatic carbocycles. The maximum Gasteiger partial charge on any atom is 0.241 e. The van der Waals surface area contributed by atoms with Crippen molar-refractivity contribution in [1.82, 2.24) is 25.4 Å². The third kappa shape index (κ3) is 6.28. The molecule has 2 saturated heterocycles. The zero-order chi connectivity index (χ0) is 22.8. The highest BCUT2D eigenvalue weighted by molar-refractivity contribution is 7.89. The topological polar surface area (TPSA) is 111 Å². The van der Waals surface area contributed by atoms with E-state index in [-0.39, 0.29) is 29.5 Å². The molecule has 0 bridgehead atoms. The molecule has 0 spiro atoms.